The van der Waals surface area contributed by atoms with E-state index in [0.717, 1.165) is 12.0 Å². The standard InChI is InChI=1S/C15H15Br2ClO2/c1-14(18)6-10-13(20)12(16)11(15(10,17)7-14)8-2-4-9(19)5-3-8/h2-5,10-12,19H,6-7H2,1H3/t10-,11-,12?,14+,15?/m0/s1. The summed E-state index contributed by atoms with van der Waals surface area (Å²) in [6.45, 7) is 2.00. The lowest BCUT2D eigenvalue weighted by atomic mass is 9.85. The van der Waals surface area contributed by atoms with Crippen molar-refractivity contribution in [2.75, 3.05) is 0 Å². The average Bonchev–Trinajstić information content (AvgIpc) is 2.69. The minimum Gasteiger partial charge on any atom is -0.508 e. The summed E-state index contributed by atoms with van der Waals surface area (Å²) >= 11 is 13.9. The first-order valence-electron chi connectivity index (χ1n) is 6.59. The van der Waals surface area contributed by atoms with Crippen LogP contribution >= 0.6 is 43.5 Å². The van der Waals surface area contributed by atoms with Crippen LogP contribution in [-0.2, 0) is 4.79 Å². The molecule has 1 aromatic rings. The van der Waals surface area contributed by atoms with Gasteiger partial charge in [-0.2, -0.15) is 0 Å². The molecule has 20 heavy (non-hydrogen) atoms. The molecule has 5 atom stereocenters. The molecule has 2 aliphatic carbocycles. The van der Waals surface area contributed by atoms with E-state index in [4.69, 9.17) is 11.6 Å². The maximum Gasteiger partial charge on any atom is 0.151 e. The molecule has 2 nitrogen and oxygen atoms in total. The van der Waals surface area contributed by atoms with Crippen LogP contribution in [0.15, 0.2) is 24.3 Å². The number of halogens is 3. The van der Waals surface area contributed by atoms with Gasteiger partial charge in [0.2, 0.25) is 0 Å². The Bertz CT molecular complexity index is 557. The largest absolute Gasteiger partial charge is 0.508 e. The molecule has 3 rings (SSSR count). The number of phenols is 1. The van der Waals surface area contributed by atoms with Crippen molar-refractivity contribution < 1.29 is 9.90 Å². The van der Waals surface area contributed by atoms with Gasteiger partial charge in [0.25, 0.3) is 0 Å². The molecule has 108 valence electrons. The Balaban J connectivity index is 2.05. The maximum atomic E-state index is 12.5. The molecule has 2 unspecified atom stereocenters. The number of benzene rings is 1. The number of ketones is 1. The molecule has 0 amide bonds. The minimum absolute atomic E-state index is 0.0289. The first-order valence-corrected chi connectivity index (χ1v) is 8.68. The van der Waals surface area contributed by atoms with Crippen LogP contribution in [0.2, 0.25) is 0 Å². The monoisotopic (exact) mass is 420 g/mol. The van der Waals surface area contributed by atoms with Gasteiger partial charge in [-0.15, -0.1) is 11.6 Å². The highest BCUT2D eigenvalue weighted by Gasteiger charge is 2.65. The van der Waals surface area contributed by atoms with Crippen LogP contribution in [-0.4, -0.2) is 24.9 Å². The first-order chi connectivity index (χ1) is 9.24. The summed E-state index contributed by atoms with van der Waals surface area (Å²) in [5, 5.41) is 9.44. The Morgan fingerprint density at radius 3 is 2.55 bits per heavy atom. The predicted octanol–water partition coefficient (Wildman–Crippen LogP) is 4.36. The van der Waals surface area contributed by atoms with E-state index in [9.17, 15) is 9.90 Å². The van der Waals surface area contributed by atoms with E-state index < -0.39 is 0 Å². The van der Waals surface area contributed by atoms with Crippen LogP contribution in [0, 0.1) is 5.92 Å². The minimum atomic E-state index is -0.341. The first kappa shape index (κ1) is 14.9. The second-order valence-electron chi connectivity index (χ2n) is 6.15. The van der Waals surface area contributed by atoms with Gasteiger partial charge in [0, 0.05) is 21.0 Å². The number of hydrogen-bond donors (Lipinski definition) is 1. The lowest BCUT2D eigenvalue weighted by molar-refractivity contribution is -0.120. The number of Topliss-reactive ketones (excluding diaryl/α,β-unsaturated/α-hetero) is 1. The summed E-state index contributed by atoms with van der Waals surface area (Å²) < 4.78 is -0.300. The third-order valence-corrected chi connectivity index (χ3v) is 7.12. The lowest BCUT2D eigenvalue weighted by Gasteiger charge is -2.31. The van der Waals surface area contributed by atoms with Crippen molar-refractivity contribution in [3.63, 3.8) is 0 Å². The zero-order valence-corrected chi connectivity index (χ0v) is 14.9. The van der Waals surface area contributed by atoms with Gasteiger partial charge in [-0.05, 0) is 37.5 Å². The second kappa shape index (κ2) is 4.72. The van der Waals surface area contributed by atoms with Crippen LogP contribution in [0.25, 0.3) is 0 Å². The van der Waals surface area contributed by atoms with Gasteiger partial charge in [-0.25, -0.2) is 0 Å². The smallest absolute Gasteiger partial charge is 0.151 e. The van der Waals surface area contributed by atoms with Gasteiger partial charge < -0.3 is 5.11 Å². The van der Waals surface area contributed by atoms with Gasteiger partial charge in [0.05, 0.1) is 4.83 Å². The number of aromatic hydroxyl groups is 1. The van der Waals surface area contributed by atoms with Gasteiger partial charge >= 0.3 is 0 Å². The zero-order valence-electron chi connectivity index (χ0n) is 10.9. The molecule has 5 heteroatoms. The van der Waals surface area contributed by atoms with Crippen molar-refractivity contribution in [1.29, 1.82) is 0 Å². The van der Waals surface area contributed by atoms with Crippen LogP contribution in [0.5, 0.6) is 5.75 Å². The second-order valence-corrected chi connectivity index (χ2v) is 9.52. The number of alkyl halides is 3. The quantitative estimate of drug-likeness (QED) is 0.683. The van der Waals surface area contributed by atoms with Crippen molar-refractivity contribution >= 4 is 49.2 Å². The van der Waals surface area contributed by atoms with Crippen molar-refractivity contribution in [2.24, 2.45) is 5.92 Å². The van der Waals surface area contributed by atoms with Crippen molar-refractivity contribution in [2.45, 2.75) is 39.7 Å². The van der Waals surface area contributed by atoms with E-state index in [-0.39, 0.29) is 37.4 Å². The highest BCUT2D eigenvalue weighted by atomic mass is 79.9. The van der Waals surface area contributed by atoms with Crippen LogP contribution < -0.4 is 0 Å². The van der Waals surface area contributed by atoms with E-state index in [2.05, 4.69) is 31.9 Å². The normalized spacial score (nSPS) is 43.8. The van der Waals surface area contributed by atoms with Gasteiger partial charge in [0.15, 0.2) is 5.78 Å². The molecule has 0 spiro atoms. The van der Waals surface area contributed by atoms with Crippen molar-refractivity contribution in [1.82, 2.24) is 0 Å². The summed E-state index contributed by atoms with van der Waals surface area (Å²) in [7, 11) is 0. The summed E-state index contributed by atoms with van der Waals surface area (Å²) in [5.41, 5.74) is 1.05. The number of phenolic OH excluding ortho intramolecular Hbond substituents is 1. The van der Waals surface area contributed by atoms with Crippen molar-refractivity contribution in [3.8, 4) is 5.75 Å². The van der Waals surface area contributed by atoms with Crippen LogP contribution in [0.1, 0.15) is 31.2 Å². The third kappa shape index (κ3) is 2.15. The lowest BCUT2D eigenvalue weighted by Crippen LogP contribution is -2.30. The summed E-state index contributed by atoms with van der Waals surface area (Å²) in [6, 6.07) is 7.10. The maximum absolute atomic E-state index is 12.5. The molecule has 1 aromatic carbocycles. The Labute approximate surface area is 140 Å². The highest BCUT2D eigenvalue weighted by molar-refractivity contribution is 9.10. The fraction of sp³-hybridized carbons (Fsp3) is 0.533. The summed E-state index contributed by atoms with van der Waals surface area (Å²) in [4.78, 5) is 12.0. The topological polar surface area (TPSA) is 37.3 Å². The third-order valence-electron chi connectivity index (χ3n) is 4.53. The molecule has 0 aliphatic heterocycles. The molecule has 0 saturated heterocycles. The molecular formula is C15H15Br2ClO2. The molecule has 0 heterocycles. The van der Waals surface area contributed by atoms with Crippen LogP contribution in [0.4, 0.5) is 0 Å². The molecule has 2 saturated carbocycles. The molecule has 0 radical (unpaired) electrons. The summed E-state index contributed by atoms with van der Waals surface area (Å²) in [6.07, 6.45) is 1.46. The highest BCUT2D eigenvalue weighted by Crippen LogP contribution is 2.63. The number of carbonyl (C=O) groups excluding carboxylic acids is 1. The van der Waals surface area contributed by atoms with E-state index in [1.807, 2.05) is 19.1 Å². The van der Waals surface area contributed by atoms with Gasteiger partial charge in [0.1, 0.15) is 5.75 Å². The van der Waals surface area contributed by atoms with Crippen molar-refractivity contribution in [3.05, 3.63) is 29.8 Å². The fourth-order valence-electron chi connectivity index (χ4n) is 3.75. The Kier molecular flexibility index (Phi) is 3.51. The van der Waals surface area contributed by atoms with E-state index in [1.54, 1.807) is 12.1 Å². The zero-order chi connectivity index (χ0) is 14.7. The van der Waals surface area contributed by atoms with E-state index in [0.29, 0.717) is 6.42 Å². The number of hydrogen-bond acceptors (Lipinski definition) is 2. The molecule has 0 bridgehead atoms. The Hall–Kier alpha value is -0.0600. The van der Waals surface area contributed by atoms with Crippen LogP contribution in [0.3, 0.4) is 0 Å². The predicted molar refractivity (Wildman–Crippen MR) is 87.2 cm³/mol. The Morgan fingerprint density at radius 1 is 1.35 bits per heavy atom. The van der Waals surface area contributed by atoms with E-state index >= 15 is 0 Å². The summed E-state index contributed by atoms with van der Waals surface area (Å²) in [5.74, 6) is 0.427. The fourth-order valence-corrected chi connectivity index (χ4v) is 7.27. The molecule has 0 aromatic heterocycles. The number of rotatable bonds is 1. The number of fused-ring (bicyclic) bond motifs is 1. The SMILES string of the molecule is C[C@@]1(Cl)C[C@H]2C(=O)C(Br)[C@H](c3ccc(O)cc3)C2(Br)C1. The molecule has 1 N–H and O–H groups in total. The van der Waals surface area contributed by atoms with Gasteiger partial charge in [-0.3, -0.25) is 4.79 Å². The van der Waals surface area contributed by atoms with E-state index in [1.165, 1.54) is 0 Å². The number of carbonyl (C=O) groups is 1. The molecular weight excluding hydrogens is 407 g/mol. The molecule has 2 aliphatic rings. The average molecular weight is 423 g/mol. The Morgan fingerprint density at radius 2 is 1.95 bits per heavy atom. The van der Waals surface area contributed by atoms with Gasteiger partial charge in [-0.1, -0.05) is 44.0 Å². The molecule has 2 fully saturated rings.